The first-order chi connectivity index (χ1) is 15.6. The number of aryl methyl sites for hydroxylation is 1. The number of hydrogen-bond donors (Lipinski definition) is 2. The average Bonchev–Trinajstić information content (AvgIpc) is 2.75. The molecule has 0 spiro atoms. The van der Waals surface area contributed by atoms with Crippen LogP contribution in [0.3, 0.4) is 0 Å². The van der Waals surface area contributed by atoms with E-state index in [1.165, 1.54) is 0 Å². The lowest BCUT2D eigenvalue weighted by molar-refractivity contribution is -0.133. The molecule has 1 aromatic rings. The van der Waals surface area contributed by atoms with Crippen LogP contribution in [0.5, 0.6) is 5.75 Å². The molecule has 0 unspecified atom stereocenters. The largest absolute Gasteiger partial charge is 0.493 e. The van der Waals surface area contributed by atoms with E-state index in [1.807, 2.05) is 36.1 Å². The van der Waals surface area contributed by atoms with E-state index in [2.05, 4.69) is 10.6 Å². The van der Waals surface area contributed by atoms with Crippen LogP contribution in [0.25, 0.3) is 0 Å². The number of para-hydroxylation sites is 1. The Morgan fingerprint density at radius 2 is 1.76 bits per heavy atom. The number of rotatable bonds is 10. The normalized spacial score (nSPS) is 14.5. The van der Waals surface area contributed by atoms with Crippen LogP contribution in [0.15, 0.2) is 24.3 Å². The molecule has 1 heterocycles. The number of nitrogens with zero attached hydrogens (tertiary/aromatic N) is 1. The van der Waals surface area contributed by atoms with Crippen LogP contribution in [0, 0.1) is 12.8 Å². The predicted molar refractivity (Wildman–Crippen MR) is 127 cm³/mol. The number of hydrogen-bond acceptors (Lipinski definition) is 5. The van der Waals surface area contributed by atoms with Crippen LogP contribution in [-0.4, -0.2) is 61.2 Å². The van der Waals surface area contributed by atoms with E-state index in [4.69, 9.17) is 9.47 Å². The summed E-state index contributed by atoms with van der Waals surface area (Å²) in [5, 5.41) is 5.51. The third-order valence-corrected chi connectivity index (χ3v) is 5.46. The standard InChI is InChI=1S/C25H39N3O5/c1-19-8-5-6-9-21(19)32-17-7-10-23(30)28-15-12-20(13-16-28)18-27-22(29)11-14-26-24(31)33-25(2,3)4/h5-6,8-9,20H,7,10-18H2,1-4H3,(H,26,31)(H,27,29). The van der Waals surface area contributed by atoms with Crippen molar-refractivity contribution in [1.29, 1.82) is 0 Å². The number of benzene rings is 1. The van der Waals surface area contributed by atoms with E-state index in [9.17, 15) is 14.4 Å². The van der Waals surface area contributed by atoms with Gasteiger partial charge in [-0.3, -0.25) is 9.59 Å². The van der Waals surface area contributed by atoms with Crippen LogP contribution >= 0.6 is 0 Å². The fraction of sp³-hybridized carbons (Fsp3) is 0.640. The first-order valence-electron chi connectivity index (χ1n) is 11.8. The number of piperidine rings is 1. The second-order valence-corrected chi connectivity index (χ2v) is 9.52. The average molecular weight is 462 g/mol. The lowest BCUT2D eigenvalue weighted by Crippen LogP contribution is -2.42. The molecule has 1 aliphatic heterocycles. The summed E-state index contributed by atoms with van der Waals surface area (Å²) in [7, 11) is 0. The number of nitrogens with one attached hydrogen (secondary N) is 2. The Balaban J connectivity index is 1.54. The van der Waals surface area contributed by atoms with Crippen molar-refractivity contribution in [3.8, 4) is 5.75 Å². The molecular weight excluding hydrogens is 422 g/mol. The van der Waals surface area contributed by atoms with E-state index in [0.29, 0.717) is 31.9 Å². The molecule has 3 amide bonds. The van der Waals surface area contributed by atoms with Gasteiger partial charge in [-0.2, -0.15) is 0 Å². The van der Waals surface area contributed by atoms with Gasteiger partial charge in [-0.25, -0.2) is 4.79 Å². The monoisotopic (exact) mass is 461 g/mol. The molecule has 0 aromatic heterocycles. The second-order valence-electron chi connectivity index (χ2n) is 9.52. The highest BCUT2D eigenvalue weighted by Crippen LogP contribution is 2.19. The van der Waals surface area contributed by atoms with Gasteiger partial charge in [-0.15, -0.1) is 0 Å². The molecule has 0 radical (unpaired) electrons. The van der Waals surface area contributed by atoms with Crippen molar-refractivity contribution in [3.05, 3.63) is 29.8 Å². The molecule has 0 aliphatic carbocycles. The van der Waals surface area contributed by atoms with Crippen molar-refractivity contribution in [1.82, 2.24) is 15.5 Å². The fourth-order valence-corrected chi connectivity index (χ4v) is 3.61. The summed E-state index contributed by atoms with van der Waals surface area (Å²) in [4.78, 5) is 38.0. The van der Waals surface area contributed by atoms with Gasteiger partial charge in [0.15, 0.2) is 0 Å². The predicted octanol–water partition coefficient (Wildman–Crippen LogP) is 3.42. The zero-order valence-corrected chi connectivity index (χ0v) is 20.4. The zero-order chi connectivity index (χ0) is 24.3. The molecule has 1 aromatic carbocycles. The highest BCUT2D eigenvalue weighted by molar-refractivity contribution is 5.77. The Labute approximate surface area is 197 Å². The molecule has 1 fully saturated rings. The highest BCUT2D eigenvalue weighted by atomic mass is 16.6. The summed E-state index contributed by atoms with van der Waals surface area (Å²) in [6.07, 6.45) is 2.62. The van der Waals surface area contributed by atoms with Crippen molar-refractivity contribution in [2.24, 2.45) is 5.92 Å². The van der Waals surface area contributed by atoms with E-state index in [-0.39, 0.29) is 24.8 Å². The van der Waals surface area contributed by atoms with Gasteiger partial charge in [0.05, 0.1) is 6.61 Å². The molecule has 0 atom stereocenters. The van der Waals surface area contributed by atoms with Crippen molar-refractivity contribution < 1.29 is 23.9 Å². The van der Waals surface area contributed by atoms with Crippen LogP contribution < -0.4 is 15.4 Å². The summed E-state index contributed by atoms with van der Waals surface area (Å²) in [6, 6.07) is 7.87. The molecule has 184 valence electrons. The van der Waals surface area contributed by atoms with E-state index in [0.717, 1.165) is 37.2 Å². The molecule has 0 saturated carbocycles. The van der Waals surface area contributed by atoms with Crippen LogP contribution in [0.2, 0.25) is 0 Å². The quantitative estimate of drug-likeness (QED) is 0.521. The summed E-state index contributed by atoms with van der Waals surface area (Å²) in [5.74, 6) is 1.30. The van der Waals surface area contributed by atoms with Crippen molar-refractivity contribution >= 4 is 17.9 Å². The van der Waals surface area contributed by atoms with E-state index >= 15 is 0 Å². The fourth-order valence-electron chi connectivity index (χ4n) is 3.61. The van der Waals surface area contributed by atoms with Crippen molar-refractivity contribution in [2.45, 2.75) is 65.4 Å². The molecule has 2 rings (SSSR count). The summed E-state index contributed by atoms with van der Waals surface area (Å²) >= 11 is 0. The van der Waals surface area contributed by atoms with Crippen LogP contribution in [0.4, 0.5) is 4.79 Å². The number of likely N-dealkylation sites (tertiary alicyclic amines) is 1. The minimum atomic E-state index is -0.558. The van der Waals surface area contributed by atoms with Gasteiger partial charge >= 0.3 is 6.09 Å². The molecule has 8 heteroatoms. The Hall–Kier alpha value is -2.77. The zero-order valence-electron chi connectivity index (χ0n) is 20.4. The second kappa shape index (κ2) is 13.1. The third kappa shape index (κ3) is 10.6. The topological polar surface area (TPSA) is 97.0 Å². The van der Waals surface area contributed by atoms with Crippen molar-refractivity contribution in [2.75, 3.05) is 32.8 Å². The summed E-state index contributed by atoms with van der Waals surface area (Å²) < 4.78 is 10.9. The lowest BCUT2D eigenvalue weighted by atomic mass is 9.96. The van der Waals surface area contributed by atoms with Gasteiger partial charge < -0.3 is 25.0 Å². The maximum absolute atomic E-state index is 12.5. The van der Waals surface area contributed by atoms with Gasteiger partial charge in [0.2, 0.25) is 11.8 Å². The van der Waals surface area contributed by atoms with Gasteiger partial charge in [0, 0.05) is 39.0 Å². The maximum Gasteiger partial charge on any atom is 0.407 e. The molecule has 8 nitrogen and oxygen atoms in total. The number of carbonyl (C=O) groups is 3. The molecular formula is C25H39N3O5. The Morgan fingerprint density at radius 1 is 1.06 bits per heavy atom. The van der Waals surface area contributed by atoms with Crippen LogP contribution in [-0.2, 0) is 14.3 Å². The number of carbonyl (C=O) groups excluding carboxylic acids is 3. The Bertz CT molecular complexity index is 782. The van der Waals surface area contributed by atoms with Gasteiger partial charge in [-0.1, -0.05) is 18.2 Å². The highest BCUT2D eigenvalue weighted by Gasteiger charge is 2.23. The number of alkyl carbamates (subject to hydrolysis) is 1. The molecule has 2 N–H and O–H groups in total. The smallest absolute Gasteiger partial charge is 0.407 e. The summed E-state index contributed by atoms with van der Waals surface area (Å²) in [5.41, 5.74) is 0.537. The lowest BCUT2D eigenvalue weighted by Gasteiger charge is -2.32. The van der Waals surface area contributed by atoms with Crippen LogP contribution in [0.1, 0.15) is 58.4 Å². The minimum Gasteiger partial charge on any atom is -0.493 e. The first-order valence-corrected chi connectivity index (χ1v) is 11.8. The van der Waals surface area contributed by atoms with E-state index < -0.39 is 11.7 Å². The Morgan fingerprint density at radius 3 is 2.42 bits per heavy atom. The number of amides is 3. The molecule has 0 bridgehead atoms. The van der Waals surface area contributed by atoms with Gasteiger partial charge in [0.25, 0.3) is 0 Å². The summed E-state index contributed by atoms with van der Waals surface area (Å²) in [6.45, 7) is 10.2. The van der Waals surface area contributed by atoms with Crippen molar-refractivity contribution in [3.63, 3.8) is 0 Å². The minimum absolute atomic E-state index is 0.0989. The number of ether oxygens (including phenoxy) is 2. The SMILES string of the molecule is Cc1ccccc1OCCCC(=O)N1CCC(CNC(=O)CCNC(=O)OC(C)(C)C)CC1. The third-order valence-electron chi connectivity index (χ3n) is 5.46. The molecule has 1 saturated heterocycles. The molecule has 1 aliphatic rings. The maximum atomic E-state index is 12.5. The van der Waals surface area contributed by atoms with Gasteiger partial charge in [0.1, 0.15) is 11.4 Å². The molecule has 33 heavy (non-hydrogen) atoms. The van der Waals surface area contributed by atoms with E-state index in [1.54, 1.807) is 20.8 Å². The van der Waals surface area contributed by atoms with Gasteiger partial charge in [-0.05, 0) is 64.5 Å². The Kier molecular flexibility index (Phi) is 10.5. The first kappa shape index (κ1) is 26.5.